The van der Waals surface area contributed by atoms with Crippen molar-refractivity contribution in [2.24, 2.45) is 5.92 Å². The van der Waals surface area contributed by atoms with Gasteiger partial charge in [0.25, 0.3) is 0 Å². The van der Waals surface area contributed by atoms with Crippen LogP contribution in [0, 0.1) is 5.92 Å². The highest BCUT2D eigenvalue weighted by Gasteiger charge is 2.29. The molecule has 0 aliphatic carbocycles. The Kier molecular flexibility index (Phi) is 4.20. The van der Waals surface area contributed by atoms with Crippen molar-refractivity contribution in [1.29, 1.82) is 0 Å². The molecule has 0 spiro atoms. The predicted molar refractivity (Wildman–Crippen MR) is 58.0 cm³/mol. The van der Waals surface area contributed by atoms with Gasteiger partial charge >= 0.3 is 0 Å². The van der Waals surface area contributed by atoms with Gasteiger partial charge in [-0.25, -0.2) is 0 Å². The van der Waals surface area contributed by atoms with E-state index >= 15 is 0 Å². The van der Waals surface area contributed by atoms with E-state index in [0.717, 1.165) is 18.0 Å². The Bertz CT molecular complexity index is 143. The first-order valence-corrected chi connectivity index (χ1v) is 5.63. The van der Waals surface area contributed by atoms with Crippen molar-refractivity contribution in [3.63, 3.8) is 0 Å². The molecule has 13 heavy (non-hydrogen) atoms. The molecule has 0 aromatic heterocycles. The van der Waals surface area contributed by atoms with Crippen molar-refractivity contribution in [2.75, 3.05) is 20.1 Å². The molecule has 0 aromatic carbocycles. The largest absolute Gasteiger partial charge is 0.315 e. The zero-order valence-electron chi connectivity index (χ0n) is 9.51. The molecule has 0 amide bonds. The molecule has 0 bridgehead atoms. The van der Waals surface area contributed by atoms with E-state index in [9.17, 15) is 0 Å². The lowest BCUT2D eigenvalue weighted by atomic mass is 10.0. The zero-order valence-corrected chi connectivity index (χ0v) is 9.51. The van der Waals surface area contributed by atoms with E-state index in [0.29, 0.717) is 0 Å². The summed E-state index contributed by atoms with van der Waals surface area (Å²) in [5, 5.41) is 3.46. The van der Waals surface area contributed by atoms with E-state index in [4.69, 9.17) is 0 Å². The highest BCUT2D eigenvalue weighted by molar-refractivity contribution is 4.87. The zero-order chi connectivity index (χ0) is 9.84. The van der Waals surface area contributed by atoms with Gasteiger partial charge < -0.3 is 5.32 Å². The summed E-state index contributed by atoms with van der Waals surface area (Å²) in [6, 6.07) is 1.53. The van der Waals surface area contributed by atoms with E-state index in [1.807, 2.05) is 0 Å². The van der Waals surface area contributed by atoms with Gasteiger partial charge in [-0.15, -0.1) is 0 Å². The molecule has 1 rings (SSSR count). The summed E-state index contributed by atoms with van der Waals surface area (Å²) in [5.74, 6) is 0.811. The lowest BCUT2D eigenvalue weighted by molar-refractivity contribution is 0.148. The molecule has 1 fully saturated rings. The second kappa shape index (κ2) is 4.97. The second-order valence-corrected chi connectivity index (χ2v) is 4.34. The second-order valence-electron chi connectivity index (χ2n) is 4.34. The molecule has 2 unspecified atom stereocenters. The molecule has 0 saturated carbocycles. The van der Waals surface area contributed by atoms with Gasteiger partial charge in [0, 0.05) is 18.6 Å². The molecule has 0 aromatic rings. The van der Waals surface area contributed by atoms with Crippen LogP contribution in [0.2, 0.25) is 0 Å². The SMILES string of the molecule is CCC(CC)N(C)C1CNCC1C. The standard InChI is InChI=1S/C11H24N2/c1-5-10(6-2)13(4)11-8-12-7-9(11)3/h9-12H,5-8H2,1-4H3. The Hall–Kier alpha value is -0.0800. The smallest absolute Gasteiger partial charge is 0.0258 e. The first-order chi connectivity index (χ1) is 6.20. The van der Waals surface area contributed by atoms with E-state index in [2.05, 4.69) is 38.0 Å². The van der Waals surface area contributed by atoms with Gasteiger partial charge in [0.05, 0.1) is 0 Å². The van der Waals surface area contributed by atoms with Crippen LogP contribution in [0.15, 0.2) is 0 Å². The first kappa shape index (κ1) is 11.0. The molecule has 2 atom stereocenters. The van der Waals surface area contributed by atoms with Crippen molar-refractivity contribution < 1.29 is 0 Å². The Morgan fingerprint density at radius 2 is 1.92 bits per heavy atom. The summed E-state index contributed by atoms with van der Waals surface area (Å²) < 4.78 is 0. The predicted octanol–water partition coefficient (Wildman–Crippen LogP) is 1.71. The van der Waals surface area contributed by atoms with Crippen LogP contribution in [-0.4, -0.2) is 37.1 Å². The topological polar surface area (TPSA) is 15.3 Å². The van der Waals surface area contributed by atoms with Gasteiger partial charge in [-0.05, 0) is 32.4 Å². The molecule has 1 N–H and O–H groups in total. The summed E-state index contributed by atoms with van der Waals surface area (Å²) in [7, 11) is 2.28. The molecule has 0 radical (unpaired) electrons. The van der Waals surface area contributed by atoms with Crippen molar-refractivity contribution >= 4 is 0 Å². The van der Waals surface area contributed by atoms with Gasteiger partial charge in [0.2, 0.25) is 0 Å². The number of hydrogen-bond acceptors (Lipinski definition) is 2. The first-order valence-electron chi connectivity index (χ1n) is 5.63. The fourth-order valence-electron chi connectivity index (χ4n) is 2.48. The third-order valence-electron chi connectivity index (χ3n) is 3.52. The summed E-state index contributed by atoms with van der Waals surface area (Å²) in [4.78, 5) is 2.57. The monoisotopic (exact) mass is 184 g/mol. The van der Waals surface area contributed by atoms with Crippen LogP contribution >= 0.6 is 0 Å². The molecule has 2 nitrogen and oxygen atoms in total. The molecular weight excluding hydrogens is 160 g/mol. The van der Waals surface area contributed by atoms with Crippen LogP contribution in [0.1, 0.15) is 33.6 Å². The van der Waals surface area contributed by atoms with E-state index in [-0.39, 0.29) is 0 Å². The van der Waals surface area contributed by atoms with Gasteiger partial charge in [-0.3, -0.25) is 4.90 Å². The molecule has 2 heteroatoms. The van der Waals surface area contributed by atoms with Gasteiger partial charge in [0.15, 0.2) is 0 Å². The maximum Gasteiger partial charge on any atom is 0.0258 e. The van der Waals surface area contributed by atoms with E-state index < -0.39 is 0 Å². The normalized spacial score (nSPS) is 29.1. The summed E-state index contributed by atoms with van der Waals surface area (Å²) in [6.45, 7) is 9.29. The number of rotatable bonds is 4. The third-order valence-corrected chi connectivity index (χ3v) is 3.52. The highest BCUT2D eigenvalue weighted by atomic mass is 15.2. The molecule has 1 aliphatic heterocycles. The van der Waals surface area contributed by atoms with Crippen LogP contribution in [0.25, 0.3) is 0 Å². The maximum atomic E-state index is 3.46. The molecule has 1 heterocycles. The van der Waals surface area contributed by atoms with E-state index in [1.165, 1.54) is 25.9 Å². The van der Waals surface area contributed by atoms with E-state index in [1.54, 1.807) is 0 Å². The van der Waals surface area contributed by atoms with Gasteiger partial charge in [0.1, 0.15) is 0 Å². The fourth-order valence-corrected chi connectivity index (χ4v) is 2.48. The Balaban J connectivity index is 2.49. The van der Waals surface area contributed by atoms with Crippen molar-refractivity contribution in [1.82, 2.24) is 10.2 Å². The fraction of sp³-hybridized carbons (Fsp3) is 1.00. The summed E-state index contributed by atoms with van der Waals surface area (Å²) in [6.07, 6.45) is 2.55. The van der Waals surface area contributed by atoms with Crippen LogP contribution in [0.4, 0.5) is 0 Å². The lowest BCUT2D eigenvalue weighted by Crippen LogP contribution is -2.43. The maximum absolute atomic E-state index is 3.46. The Morgan fingerprint density at radius 3 is 2.31 bits per heavy atom. The van der Waals surface area contributed by atoms with Crippen LogP contribution < -0.4 is 5.32 Å². The van der Waals surface area contributed by atoms with Crippen molar-refractivity contribution in [3.05, 3.63) is 0 Å². The Morgan fingerprint density at radius 1 is 1.31 bits per heavy atom. The average molecular weight is 184 g/mol. The van der Waals surface area contributed by atoms with Crippen molar-refractivity contribution in [2.45, 2.75) is 45.7 Å². The molecule has 1 saturated heterocycles. The lowest BCUT2D eigenvalue weighted by Gasteiger charge is -2.33. The van der Waals surface area contributed by atoms with Crippen LogP contribution in [0.5, 0.6) is 0 Å². The number of likely N-dealkylation sites (N-methyl/N-ethyl adjacent to an activating group) is 1. The molecule has 1 aliphatic rings. The minimum Gasteiger partial charge on any atom is -0.315 e. The minimum absolute atomic E-state index is 0.755. The third kappa shape index (κ3) is 2.44. The van der Waals surface area contributed by atoms with Crippen molar-refractivity contribution in [3.8, 4) is 0 Å². The summed E-state index contributed by atoms with van der Waals surface area (Å²) >= 11 is 0. The highest BCUT2D eigenvalue weighted by Crippen LogP contribution is 2.18. The number of nitrogens with one attached hydrogen (secondary N) is 1. The molecular formula is C11H24N2. The average Bonchev–Trinajstić information content (AvgIpc) is 2.53. The summed E-state index contributed by atoms with van der Waals surface area (Å²) in [5.41, 5.74) is 0. The van der Waals surface area contributed by atoms with Gasteiger partial charge in [-0.1, -0.05) is 20.8 Å². The quantitative estimate of drug-likeness (QED) is 0.715. The number of nitrogens with zero attached hydrogens (tertiary/aromatic N) is 1. The minimum atomic E-state index is 0.755. The van der Waals surface area contributed by atoms with Crippen LogP contribution in [0.3, 0.4) is 0 Å². The Labute approximate surface area is 82.7 Å². The van der Waals surface area contributed by atoms with Crippen LogP contribution in [-0.2, 0) is 0 Å². The molecule has 78 valence electrons. The van der Waals surface area contributed by atoms with Gasteiger partial charge in [-0.2, -0.15) is 0 Å². The number of hydrogen-bond donors (Lipinski definition) is 1.